The Hall–Kier alpha value is -6.86. The lowest BCUT2D eigenvalue weighted by Gasteiger charge is -2.18. The monoisotopic (exact) mass is 736 g/mol. The molecule has 0 N–H and O–H groups in total. The highest BCUT2D eigenvalue weighted by Gasteiger charge is 2.33. The van der Waals surface area contributed by atoms with E-state index >= 15 is 0 Å². The molecule has 2 heterocycles. The van der Waals surface area contributed by atoms with Gasteiger partial charge in [0.2, 0.25) is 0 Å². The minimum atomic E-state index is -4.55. The summed E-state index contributed by atoms with van der Waals surface area (Å²) in [6.07, 6.45) is -4.55. The van der Waals surface area contributed by atoms with Gasteiger partial charge in [0.05, 0.1) is 22.3 Å². The van der Waals surface area contributed by atoms with Crippen LogP contribution in [0.5, 0.6) is 0 Å². The number of aromatic nitrogens is 4. The second-order valence-electron chi connectivity index (χ2n) is 14.2. The summed E-state index contributed by atoms with van der Waals surface area (Å²) in [5.41, 5.74) is 10.4. The normalized spacial score (nSPS) is 11.8. The van der Waals surface area contributed by atoms with Crippen LogP contribution in [-0.2, 0) is 6.18 Å². The van der Waals surface area contributed by atoms with Crippen LogP contribution < -0.4 is 0 Å². The van der Waals surface area contributed by atoms with Crippen molar-refractivity contribution in [3.05, 3.63) is 180 Å². The maximum Gasteiger partial charge on any atom is 0.417 e. The largest absolute Gasteiger partial charge is 0.417 e. The highest BCUT2D eigenvalue weighted by molar-refractivity contribution is 6.11. The van der Waals surface area contributed by atoms with Gasteiger partial charge >= 0.3 is 6.18 Å². The number of aryl methyl sites for hydroxylation is 3. The van der Waals surface area contributed by atoms with E-state index in [0.717, 1.165) is 44.6 Å². The van der Waals surface area contributed by atoms with Gasteiger partial charge in [0, 0.05) is 27.5 Å². The van der Waals surface area contributed by atoms with Gasteiger partial charge in [-0.2, -0.15) is 13.2 Å². The van der Waals surface area contributed by atoms with Gasteiger partial charge in [-0.1, -0.05) is 127 Å². The van der Waals surface area contributed by atoms with Gasteiger partial charge in [-0.05, 0) is 90.6 Å². The number of halogens is 3. The molecule has 0 saturated heterocycles. The highest BCUT2D eigenvalue weighted by Crippen LogP contribution is 2.42. The van der Waals surface area contributed by atoms with Crippen molar-refractivity contribution in [3.8, 4) is 62.1 Å². The third kappa shape index (κ3) is 6.21. The van der Waals surface area contributed by atoms with Crippen LogP contribution in [-0.4, -0.2) is 19.5 Å². The van der Waals surface area contributed by atoms with Gasteiger partial charge in [-0.3, -0.25) is 0 Å². The third-order valence-electron chi connectivity index (χ3n) is 10.4. The summed E-state index contributed by atoms with van der Waals surface area (Å²) >= 11 is 0. The number of rotatable bonds is 6. The molecule has 9 aromatic rings. The Bertz CT molecular complexity index is 2850. The van der Waals surface area contributed by atoms with E-state index in [0.29, 0.717) is 34.3 Å². The summed E-state index contributed by atoms with van der Waals surface area (Å²) in [6.45, 7) is 6.39. The van der Waals surface area contributed by atoms with Crippen molar-refractivity contribution in [2.45, 2.75) is 26.9 Å². The lowest BCUT2D eigenvalue weighted by Crippen LogP contribution is -2.07. The second-order valence-corrected chi connectivity index (χ2v) is 14.2. The van der Waals surface area contributed by atoms with Gasteiger partial charge < -0.3 is 4.57 Å². The van der Waals surface area contributed by atoms with Gasteiger partial charge in [0.1, 0.15) is 0 Å². The first-order chi connectivity index (χ1) is 27.1. The summed E-state index contributed by atoms with van der Waals surface area (Å²) in [5, 5.41) is 2.04. The van der Waals surface area contributed by atoms with E-state index < -0.39 is 11.7 Å². The molecule has 0 aliphatic carbocycles. The molecule has 0 spiro atoms. The van der Waals surface area contributed by atoms with Crippen LogP contribution in [0, 0.1) is 20.8 Å². The Kier molecular flexibility index (Phi) is 8.58. The molecular formula is C49H35F3N4. The predicted molar refractivity (Wildman–Crippen MR) is 221 cm³/mol. The molecule has 9 rings (SSSR count). The Morgan fingerprint density at radius 1 is 0.446 bits per heavy atom. The molecule has 7 aromatic carbocycles. The van der Waals surface area contributed by atoms with Gasteiger partial charge in [0.25, 0.3) is 0 Å². The van der Waals surface area contributed by atoms with Crippen LogP contribution >= 0.6 is 0 Å². The first kappa shape index (κ1) is 34.9. The molecule has 0 radical (unpaired) electrons. The zero-order valence-corrected chi connectivity index (χ0v) is 30.9. The van der Waals surface area contributed by atoms with Crippen molar-refractivity contribution in [1.29, 1.82) is 0 Å². The van der Waals surface area contributed by atoms with Crippen LogP contribution in [0.3, 0.4) is 0 Å². The molecule has 0 saturated carbocycles. The SMILES string of the molecule is Cc1cc(C)c(-c2ccc3c(c2)c2ccccc2n3-c2cc(-c3ccccc3C(F)(F)F)ccc2-c2nc(-c3ccccc3)nc(-c3ccccc3)n2)c(C)c1. The number of alkyl halides is 3. The van der Waals surface area contributed by atoms with Crippen LogP contribution in [0.25, 0.3) is 83.9 Å². The van der Waals surface area contributed by atoms with Crippen molar-refractivity contribution in [2.75, 3.05) is 0 Å². The number of hydrogen-bond donors (Lipinski definition) is 0. The van der Waals surface area contributed by atoms with Gasteiger partial charge in [-0.15, -0.1) is 0 Å². The number of hydrogen-bond acceptors (Lipinski definition) is 3. The molecule has 0 atom stereocenters. The van der Waals surface area contributed by atoms with Crippen LogP contribution in [0.2, 0.25) is 0 Å². The predicted octanol–water partition coefficient (Wildman–Crippen LogP) is 13.2. The highest BCUT2D eigenvalue weighted by atomic mass is 19.4. The second kappa shape index (κ2) is 13.8. The molecule has 272 valence electrons. The average Bonchev–Trinajstić information content (AvgIpc) is 3.54. The molecule has 4 nitrogen and oxygen atoms in total. The number of fused-ring (bicyclic) bond motifs is 3. The summed E-state index contributed by atoms with van der Waals surface area (Å²) in [6, 6.07) is 49.6. The van der Waals surface area contributed by atoms with Crippen LogP contribution in [0.15, 0.2) is 158 Å². The zero-order valence-electron chi connectivity index (χ0n) is 30.9. The first-order valence-electron chi connectivity index (χ1n) is 18.4. The maximum atomic E-state index is 14.5. The van der Waals surface area contributed by atoms with E-state index in [-0.39, 0.29) is 5.56 Å². The van der Waals surface area contributed by atoms with Crippen molar-refractivity contribution in [2.24, 2.45) is 0 Å². The number of para-hydroxylation sites is 1. The van der Waals surface area contributed by atoms with Gasteiger partial charge in [0.15, 0.2) is 17.5 Å². The lowest BCUT2D eigenvalue weighted by molar-refractivity contribution is -0.137. The summed E-state index contributed by atoms with van der Waals surface area (Å²) in [4.78, 5) is 15.0. The molecule has 2 aromatic heterocycles. The minimum Gasteiger partial charge on any atom is -0.308 e. The first-order valence-corrected chi connectivity index (χ1v) is 18.4. The summed E-state index contributed by atoms with van der Waals surface area (Å²) in [5.74, 6) is 1.38. The van der Waals surface area contributed by atoms with E-state index in [1.165, 1.54) is 34.4 Å². The van der Waals surface area contributed by atoms with E-state index in [4.69, 9.17) is 15.0 Å². The van der Waals surface area contributed by atoms with Gasteiger partial charge in [-0.25, -0.2) is 15.0 Å². The quantitative estimate of drug-likeness (QED) is 0.171. The molecule has 7 heteroatoms. The number of nitrogens with zero attached hydrogens (tertiary/aromatic N) is 4. The zero-order chi connectivity index (χ0) is 38.6. The van der Waals surface area contributed by atoms with E-state index in [1.807, 2.05) is 84.9 Å². The fourth-order valence-electron chi connectivity index (χ4n) is 8.01. The molecule has 0 aliphatic rings. The van der Waals surface area contributed by atoms with Crippen LogP contribution in [0.1, 0.15) is 22.3 Å². The summed E-state index contributed by atoms with van der Waals surface area (Å²) in [7, 11) is 0. The lowest BCUT2D eigenvalue weighted by atomic mass is 9.93. The topological polar surface area (TPSA) is 43.6 Å². The standard InChI is InChI=1S/C49H35F3N4/c1-30-26-31(2)45(32(3)27-30)36-23-25-43-40(28-36)38-19-11-13-21-42(38)56(43)44-29-35(37-18-10-12-20-41(37)49(50,51)52)22-24-39(44)48-54-46(33-14-6-4-7-15-33)53-47(55-48)34-16-8-5-9-17-34/h4-29H,1-3H3. The fraction of sp³-hybridized carbons (Fsp3) is 0.0816. The Morgan fingerprint density at radius 2 is 1.00 bits per heavy atom. The molecule has 56 heavy (non-hydrogen) atoms. The minimum absolute atomic E-state index is 0.0896. The smallest absolute Gasteiger partial charge is 0.308 e. The third-order valence-corrected chi connectivity index (χ3v) is 10.4. The molecular weight excluding hydrogens is 702 g/mol. The van der Waals surface area contributed by atoms with Crippen molar-refractivity contribution in [3.63, 3.8) is 0 Å². The molecule has 0 fully saturated rings. The van der Waals surface area contributed by atoms with E-state index in [9.17, 15) is 13.2 Å². The number of benzene rings is 7. The van der Waals surface area contributed by atoms with E-state index in [2.05, 4.69) is 67.8 Å². The molecule has 0 aliphatic heterocycles. The molecule has 0 unspecified atom stereocenters. The average molecular weight is 737 g/mol. The Balaban J connectivity index is 1.36. The molecule has 0 amide bonds. The van der Waals surface area contributed by atoms with Crippen LogP contribution in [0.4, 0.5) is 13.2 Å². The van der Waals surface area contributed by atoms with Crippen molar-refractivity contribution >= 4 is 21.8 Å². The maximum absolute atomic E-state index is 14.5. The Labute approximate surface area is 322 Å². The fourth-order valence-corrected chi connectivity index (χ4v) is 8.01. The molecule has 0 bridgehead atoms. The van der Waals surface area contributed by atoms with Crippen molar-refractivity contribution < 1.29 is 13.2 Å². The summed E-state index contributed by atoms with van der Waals surface area (Å²) < 4.78 is 45.6. The van der Waals surface area contributed by atoms with Crippen molar-refractivity contribution in [1.82, 2.24) is 19.5 Å². The Morgan fingerprint density at radius 3 is 1.66 bits per heavy atom. The van der Waals surface area contributed by atoms with E-state index in [1.54, 1.807) is 12.1 Å².